The summed E-state index contributed by atoms with van der Waals surface area (Å²) >= 11 is 6.69. The second kappa shape index (κ2) is 5.84. The van der Waals surface area contributed by atoms with Crippen LogP contribution >= 0.6 is 24.0 Å². The normalized spacial score (nSPS) is 16.8. The Bertz CT molecular complexity index is 737. The van der Waals surface area contributed by atoms with Crippen molar-refractivity contribution in [3.05, 3.63) is 70.6 Å². The predicted molar refractivity (Wildman–Crippen MR) is 93.3 cm³/mol. The number of para-hydroxylation sites is 1. The van der Waals surface area contributed by atoms with Crippen LogP contribution in [0.1, 0.15) is 11.1 Å². The fourth-order valence-corrected chi connectivity index (χ4v) is 3.48. The second-order valence-corrected chi connectivity index (χ2v) is 6.44. The first-order valence-electron chi connectivity index (χ1n) is 6.55. The Morgan fingerprint density at radius 1 is 1.10 bits per heavy atom. The average Bonchev–Trinajstić information content (AvgIpc) is 2.74. The first kappa shape index (κ1) is 14.0. The summed E-state index contributed by atoms with van der Waals surface area (Å²) in [5.74, 6) is -0.0577. The smallest absolute Gasteiger partial charge is 0.268 e. The molecule has 21 heavy (non-hydrogen) atoms. The minimum Gasteiger partial charge on any atom is -0.268 e. The molecule has 0 radical (unpaired) electrons. The molecule has 4 heteroatoms. The molecule has 1 heterocycles. The molecule has 0 unspecified atom stereocenters. The van der Waals surface area contributed by atoms with Gasteiger partial charge >= 0.3 is 0 Å². The lowest BCUT2D eigenvalue weighted by Crippen LogP contribution is -2.27. The molecule has 104 valence electrons. The average molecular weight is 311 g/mol. The number of carbonyl (C=O) groups excluding carboxylic acids is 1. The Balaban J connectivity index is 1.94. The van der Waals surface area contributed by atoms with Crippen molar-refractivity contribution in [2.45, 2.75) is 6.92 Å². The van der Waals surface area contributed by atoms with E-state index >= 15 is 0 Å². The summed E-state index contributed by atoms with van der Waals surface area (Å²) in [4.78, 5) is 14.8. The van der Waals surface area contributed by atoms with Crippen molar-refractivity contribution in [1.29, 1.82) is 0 Å². The molecule has 0 aromatic heterocycles. The Morgan fingerprint density at radius 2 is 1.86 bits per heavy atom. The van der Waals surface area contributed by atoms with Gasteiger partial charge in [-0.05, 0) is 30.7 Å². The Labute approximate surface area is 133 Å². The highest BCUT2D eigenvalue weighted by molar-refractivity contribution is 8.27. The van der Waals surface area contributed by atoms with Gasteiger partial charge in [0.05, 0.1) is 10.6 Å². The largest absolute Gasteiger partial charge is 0.270 e. The van der Waals surface area contributed by atoms with Crippen LogP contribution in [0.4, 0.5) is 5.69 Å². The van der Waals surface area contributed by atoms with E-state index in [4.69, 9.17) is 12.2 Å². The molecule has 0 spiro atoms. The number of thioether (sulfide) groups is 1. The van der Waals surface area contributed by atoms with Crippen LogP contribution in [0.5, 0.6) is 0 Å². The Hall–Kier alpha value is -1.91. The number of rotatable bonds is 2. The molecule has 2 aromatic carbocycles. The van der Waals surface area contributed by atoms with Gasteiger partial charge in [-0.3, -0.25) is 9.69 Å². The summed E-state index contributed by atoms with van der Waals surface area (Å²) in [6.45, 7) is 2.03. The third kappa shape index (κ3) is 2.91. The molecule has 1 saturated heterocycles. The Kier molecular flexibility index (Phi) is 3.90. The van der Waals surface area contributed by atoms with Crippen molar-refractivity contribution in [3.8, 4) is 0 Å². The van der Waals surface area contributed by atoms with Crippen molar-refractivity contribution in [3.63, 3.8) is 0 Å². The van der Waals surface area contributed by atoms with Crippen LogP contribution in [0.25, 0.3) is 6.08 Å². The van der Waals surface area contributed by atoms with Gasteiger partial charge in [0.2, 0.25) is 0 Å². The fourth-order valence-electron chi connectivity index (χ4n) is 2.18. The van der Waals surface area contributed by atoms with E-state index in [1.165, 1.54) is 17.3 Å². The third-order valence-corrected chi connectivity index (χ3v) is 4.45. The van der Waals surface area contributed by atoms with Gasteiger partial charge in [-0.1, -0.05) is 72.0 Å². The van der Waals surface area contributed by atoms with E-state index in [2.05, 4.69) is 6.07 Å². The first-order valence-corrected chi connectivity index (χ1v) is 7.77. The fraction of sp³-hybridized carbons (Fsp3) is 0.0588. The number of nitrogens with zero attached hydrogens (tertiary/aromatic N) is 1. The van der Waals surface area contributed by atoms with Crippen LogP contribution in [0, 0.1) is 6.92 Å². The lowest BCUT2D eigenvalue weighted by molar-refractivity contribution is -0.113. The SMILES string of the molecule is Cc1cccc(/C=C2/SC(=S)N(c3ccccc3)C2=O)c1. The summed E-state index contributed by atoms with van der Waals surface area (Å²) in [5, 5.41) is 0. The number of hydrogen-bond acceptors (Lipinski definition) is 3. The van der Waals surface area contributed by atoms with Crippen LogP contribution in [-0.2, 0) is 4.79 Å². The van der Waals surface area contributed by atoms with Crippen molar-refractivity contribution < 1.29 is 4.79 Å². The van der Waals surface area contributed by atoms with Gasteiger partial charge in [0, 0.05) is 0 Å². The molecule has 1 fully saturated rings. The van der Waals surface area contributed by atoms with Crippen LogP contribution in [0.15, 0.2) is 59.5 Å². The molecule has 3 rings (SSSR count). The molecule has 2 nitrogen and oxygen atoms in total. The zero-order valence-electron chi connectivity index (χ0n) is 11.4. The highest BCUT2D eigenvalue weighted by Gasteiger charge is 2.33. The maximum absolute atomic E-state index is 12.6. The molecule has 1 aliphatic heterocycles. The first-order chi connectivity index (χ1) is 10.1. The van der Waals surface area contributed by atoms with E-state index in [0.29, 0.717) is 9.23 Å². The lowest BCUT2D eigenvalue weighted by Gasteiger charge is -2.13. The Morgan fingerprint density at radius 3 is 2.57 bits per heavy atom. The number of thiocarbonyl (C=S) groups is 1. The van der Waals surface area contributed by atoms with E-state index in [1.54, 1.807) is 4.90 Å². The van der Waals surface area contributed by atoms with Crippen LogP contribution < -0.4 is 4.90 Å². The van der Waals surface area contributed by atoms with Gasteiger partial charge in [0.1, 0.15) is 0 Å². The molecule has 1 aliphatic rings. The second-order valence-electron chi connectivity index (χ2n) is 4.77. The molecule has 0 N–H and O–H groups in total. The molecular weight excluding hydrogens is 298 g/mol. The molecule has 0 atom stereocenters. The van der Waals surface area contributed by atoms with Crippen molar-refractivity contribution in [2.24, 2.45) is 0 Å². The summed E-state index contributed by atoms with van der Waals surface area (Å²) < 4.78 is 0.574. The van der Waals surface area contributed by atoms with Gasteiger partial charge < -0.3 is 0 Å². The standard InChI is InChI=1S/C17H13NOS2/c1-12-6-5-7-13(10-12)11-15-16(19)18(17(20)21-15)14-8-3-2-4-9-14/h2-11H,1H3/b15-11+. The van der Waals surface area contributed by atoms with Gasteiger partial charge in [-0.25, -0.2) is 0 Å². The van der Waals surface area contributed by atoms with E-state index in [1.807, 2.05) is 61.5 Å². The number of anilines is 1. The topological polar surface area (TPSA) is 20.3 Å². The number of hydrogen-bond donors (Lipinski definition) is 0. The van der Waals surface area contributed by atoms with Crippen molar-refractivity contribution in [2.75, 3.05) is 4.90 Å². The summed E-state index contributed by atoms with van der Waals surface area (Å²) in [6, 6.07) is 17.6. The number of amides is 1. The van der Waals surface area contributed by atoms with Crippen LogP contribution in [-0.4, -0.2) is 10.2 Å². The highest BCUT2D eigenvalue weighted by atomic mass is 32.2. The molecule has 0 bridgehead atoms. The van der Waals surface area contributed by atoms with Gasteiger partial charge in [0.15, 0.2) is 4.32 Å². The predicted octanol–water partition coefficient (Wildman–Crippen LogP) is 4.40. The number of benzene rings is 2. The van der Waals surface area contributed by atoms with E-state index in [0.717, 1.165) is 11.3 Å². The van der Waals surface area contributed by atoms with Crippen LogP contribution in [0.3, 0.4) is 0 Å². The summed E-state index contributed by atoms with van der Waals surface area (Å²) in [5.41, 5.74) is 3.00. The van der Waals surface area contributed by atoms with Gasteiger partial charge in [-0.2, -0.15) is 0 Å². The van der Waals surface area contributed by atoms with Crippen LogP contribution in [0.2, 0.25) is 0 Å². The molecule has 0 saturated carbocycles. The quantitative estimate of drug-likeness (QED) is 0.605. The van der Waals surface area contributed by atoms with E-state index in [9.17, 15) is 4.79 Å². The molecule has 2 aromatic rings. The van der Waals surface area contributed by atoms with Gasteiger partial charge in [-0.15, -0.1) is 0 Å². The molecule has 1 amide bonds. The maximum atomic E-state index is 12.6. The maximum Gasteiger partial charge on any atom is 0.270 e. The number of aryl methyl sites for hydroxylation is 1. The number of carbonyl (C=O) groups is 1. The summed E-state index contributed by atoms with van der Waals surface area (Å²) in [6.07, 6.45) is 1.90. The van der Waals surface area contributed by atoms with E-state index in [-0.39, 0.29) is 5.91 Å². The zero-order chi connectivity index (χ0) is 14.8. The lowest BCUT2D eigenvalue weighted by atomic mass is 10.1. The van der Waals surface area contributed by atoms with Gasteiger partial charge in [0.25, 0.3) is 5.91 Å². The monoisotopic (exact) mass is 311 g/mol. The summed E-state index contributed by atoms with van der Waals surface area (Å²) in [7, 11) is 0. The van der Waals surface area contributed by atoms with Crippen molar-refractivity contribution in [1.82, 2.24) is 0 Å². The minimum atomic E-state index is -0.0577. The minimum absolute atomic E-state index is 0.0577. The molecule has 0 aliphatic carbocycles. The third-order valence-electron chi connectivity index (χ3n) is 3.15. The van der Waals surface area contributed by atoms with Crippen molar-refractivity contribution >= 4 is 46.0 Å². The highest BCUT2D eigenvalue weighted by Crippen LogP contribution is 2.35. The molecular formula is C17H13NOS2. The van der Waals surface area contributed by atoms with E-state index < -0.39 is 0 Å². The zero-order valence-corrected chi connectivity index (χ0v) is 13.1.